The van der Waals surface area contributed by atoms with Crippen LogP contribution in [0.2, 0.25) is 0 Å². The van der Waals surface area contributed by atoms with Crippen molar-refractivity contribution in [3.63, 3.8) is 0 Å². The van der Waals surface area contributed by atoms with Gasteiger partial charge in [0.05, 0.1) is 5.56 Å². The number of rotatable bonds is 8. The van der Waals surface area contributed by atoms with E-state index >= 15 is 0 Å². The van der Waals surface area contributed by atoms with Gasteiger partial charge >= 0.3 is 5.97 Å². The van der Waals surface area contributed by atoms with Gasteiger partial charge in [-0.25, -0.2) is 4.79 Å². The Bertz CT molecular complexity index is 737. The third-order valence-corrected chi connectivity index (χ3v) is 4.39. The monoisotopic (exact) mass is 354 g/mol. The van der Waals surface area contributed by atoms with Crippen LogP contribution in [0.4, 0.5) is 0 Å². The van der Waals surface area contributed by atoms with Crippen LogP contribution in [0, 0.1) is 0 Å². The van der Waals surface area contributed by atoms with E-state index in [4.69, 9.17) is 5.11 Å². The summed E-state index contributed by atoms with van der Waals surface area (Å²) in [6, 6.07) is 14.6. The Kier molecular flexibility index (Phi) is 6.92. The van der Waals surface area contributed by atoms with Crippen LogP contribution in [0.25, 0.3) is 0 Å². The van der Waals surface area contributed by atoms with E-state index in [1.54, 1.807) is 12.1 Å². The van der Waals surface area contributed by atoms with E-state index in [2.05, 4.69) is 31.0 Å². The molecule has 1 amide bonds. The molecule has 0 spiro atoms. The molecule has 5 heteroatoms. The molecule has 0 heterocycles. The van der Waals surface area contributed by atoms with Gasteiger partial charge in [0.1, 0.15) is 0 Å². The smallest absolute Gasteiger partial charge is 0.335 e. The van der Waals surface area contributed by atoms with Gasteiger partial charge in [-0.15, -0.1) is 0 Å². The summed E-state index contributed by atoms with van der Waals surface area (Å²) in [7, 11) is 0. The zero-order valence-electron chi connectivity index (χ0n) is 15.5. The molecule has 26 heavy (non-hydrogen) atoms. The van der Waals surface area contributed by atoms with Gasteiger partial charge in [-0.05, 0) is 55.8 Å². The van der Waals surface area contributed by atoms with E-state index in [-0.39, 0.29) is 11.5 Å². The zero-order chi connectivity index (χ0) is 19.1. The van der Waals surface area contributed by atoms with Crippen molar-refractivity contribution in [2.24, 2.45) is 0 Å². The molecule has 0 bridgehead atoms. The van der Waals surface area contributed by atoms with Crippen molar-refractivity contribution in [2.45, 2.75) is 39.9 Å². The van der Waals surface area contributed by atoms with Crippen LogP contribution in [-0.2, 0) is 13.1 Å². The normalized spacial score (nSPS) is 11.0. The number of carboxylic acid groups (broad SMARTS) is 1. The number of carbonyl (C=O) groups is 2. The summed E-state index contributed by atoms with van der Waals surface area (Å²) in [5, 5.41) is 11.7. The predicted octanol–water partition coefficient (Wildman–Crippen LogP) is 3.55. The molecule has 0 unspecified atom stereocenters. The van der Waals surface area contributed by atoms with Gasteiger partial charge in [-0.1, -0.05) is 31.2 Å². The first-order chi connectivity index (χ1) is 12.4. The standard InChI is InChI=1S/C21H26N2O3/c1-4-23(15(2)3)14-17-7-9-18(10-8-17)20(24)22-13-16-5-11-19(12-6-16)21(25)26/h5-12,15H,4,13-14H2,1-3H3,(H,22,24)(H,25,26). The molecule has 0 aliphatic heterocycles. The lowest BCUT2D eigenvalue weighted by molar-refractivity contribution is 0.0696. The van der Waals surface area contributed by atoms with Crippen molar-refractivity contribution in [1.29, 1.82) is 0 Å². The highest BCUT2D eigenvalue weighted by Gasteiger charge is 2.09. The minimum absolute atomic E-state index is 0.143. The van der Waals surface area contributed by atoms with Crippen molar-refractivity contribution >= 4 is 11.9 Å². The average molecular weight is 354 g/mol. The van der Waals surface area contributed by atoms with Crippen LogP contribution in [0.15, 0.2) is 48.5 Å². The molecule has 2 aromatic carbocycles. The molecule has 2 aromatic rings. The first kappa shape index (κ1) is 19.7. The molecule has 2 rings (SSSR count). The maximum absolute atomic E-state index is 12.3. The molecule has 5 nitrogen and oxygen atoms in total. The second-order valence-corrected chi connectivity index (χ2v) is 6.54. The van der Waals surface area contributed by atoms with E-state index in [1.807, 2.05) is 24.3 Å². The molecule has 0 atom stereocenters. The van der Waals surface area contributed by atoms with E-state index in [0.29, 0.717) is 18.2 Å². The van der Waals surface area contributed by atoms with Crippen LogP contribution in [0.1, 0.15) is 52.6 Å². The van der Waals surface area contributed by atoms with Crippen molar-refractivity contribution in [3.05, 3.63) is 70.8 Å². The highest BCUT2D eigenvalue weighted by atomic mass is 16.4. The number of nitrogens with one attached hydrogen (secondary N) is 1. The van der Waals surface area contributed by atoms with Crippen molar-refractivity contribution in [3.8, 4) is 0 Å². The molecule has 0 aromatic heterocycles. The van der Waals surface area contributed by atoms with Crippen molar-refractivity contribution in [1.82, 2.24) is 10.2 Å². The van der Waals surface area contributed by atoms with Gasteiger partial charge in [-0.3, -0.25) is 9.69 Å². The molecule has 0 fully saturated rings. The van der Waals surface area contributed by atoms with Crippen molar-refractivity contribution < 1.29 is 14.7 Å². The fraction of sp³-hybridized carbons (Fsp3) is 0.333. The van der Waals surface area contributed by atoms with E-state index < -0.39 is 5.97 Å². The topological polar surface area (TPSA) is 69.6 Å². The molecular weight excluding hydrogens is 328 g/mol. The Morgan fingerprint density at radius 1 is 0.962 bits per heavy atom. The Balaban J connectivity index is 1.92. The average Bonchev–Trinajstić information content (AvgIpc) is 2.64. The summed E-state index contributed by atoms with van der Waals surface area (Å²) in [6.07, 6.45) is 0. The molecule has 138 valence electrons. The second-order valence-electron chi connectivity index (χ2n) is 6.54. The number of carbonyl (C=O) groups excluding carboxylic acids is 1. The minimum atomic E-state index is -0.959. The van der Waals surface area contributed by atoms with Gasteiger partial charge in [-0.2, -0.15) is 0 Å². The summed E-state index contributed by atoms with van der Waals surface area (Å²) >= 11 is 0. The summed E-state index contributed by atoms with van der Waals surface area (Å²) in [4.78, 5) is 25.5. The zero-order valence-corrected chi connectivity index (χ0v) is 15.5. The summed E-state index contributed by atoms with van der Waals surface area (Å²) in [6.45, 7) is 8.71. The first-order valence-electron chi connectivity index (χ1n) is 8.84. The van der Waals surface area contributed by atoms with Crippen LogP contribution in [-0.4, -0.2) is 34.5 Å². The Morgan fingerprint density at radius 2 is 1.50 bits per heavy atom. The molecule has 0 aliphatic carbocycles. The lowest BCUT2D eigenvalue weighted by Crippen LogP contribution is -2.30. The fourth-order valence-corrected chi connectivity index (χ4v) is 2.71. The number of hydrogen-bond acceptors (Lipinski definition) is 3. The van der Waals surface area contributed by atoms with Gasteiger partial charge in [0, 0.05) is 24.7 Å². The van der Waals surface area contributed by atoms with E-state index in [9.17, 15) is 9.59 Å². The SMILES string of the molecule is CCN(Cc1ccc(C(=O)NCc2ccc(C(=O)O)cc2)cc1)C(C)C. The lowest BCUT2D eigenvalue weighted by atomic mass is 10.1. The Hall–Kier alpha value is -2.66. The van der Waals surface area contributed by atoms with Gasteiger partial charge in [0.25, 0.3) is 5.91 Å². The van der Waals surface area contributed by atoms with Gasteiger partial charge in [0.2, 0.25) is 0 Å². The van der Waals surface area contributed by atoms with Crippen LogP contribution < -0.4 is 5.32 Å². The molecule has 0 radical (unpaired) electrons. The van der Waals surface area contributed by atoms with Gasteiger partial charge in [0.15, 0.2) is 0 Å². The lowest BCUT2D eigenvalue weighted by Gasteiger charge is -2.24. The third-order valence-electron chi connectivity index (χ3n) is 4.39. The Morgan fingerprint density at radius 3 is 2.00 bits per heavy atom. The highest BCUT2D eigenvalue weighted by molar-refractivity contribution is 5.94. The fourth-order valence-electron chi connectivity index (χ4n) is 2.71. The maximum atomic E-state index is 12.3. The summed E-state index contributed by atoms with van der Waals surface area (Å²) in [5.41, 5.74) is 2.89. The molecule has 0 saturated carbocycles. The molecule has 0 aliphatic rings. The number of amides is 1. The van der Waals surface area contributed by atoms with Crippen molar-refractivity contribution in [2.75, 3.05) is 6.54 Å². The van der Waals surface area contributed by atoms with Crippen LogP contribution in [0.3, 0.4) is 0 Å². The molecule has 0 saturated heterocycles. The first-order valence-corrected chi connectivity index (χ1v) is 8.84. The second kappa shape index (κ2) is 9.15. The highest BCUT2D eigenvalue weighted by Crippen LogP contribution is 2.10. The predicted molar refractivity (Wildman–Crippen MR) is 102 cm³/mol. The quantitative estimate of drug-likeness (QED) is 0.761. The number of hydrogen-bond donors (Lipinski definition) is 2. The largest absolute Gasteiger partial charge is 0.478 e. The summed E-state index contributed by atoms with van der Waals surface area (Å²) in [5.74, 6) is -1.10. The number of benzene rings is 2. The number of nitrogens with zero attached hydrogens (tertiary/aromatic N) is 1. The van der Waals surface area contributed by atoms with Crippen LogP contribution >= 0.6 is 0 Å². The van der Waals surface area contributed by atoms with E-state index in [0.717, 1.165) is 18.7 Å². The molecular formula is C21H26N2O3. The van der Waals surface area contributed by atoms with Gasteiger partial charge < -0.3 is 10.4 Å². The maximum Gasteiger partial charge on any atom is 0.335 e. The van der Waals surface area contributed by atoms with Crippen LogP contribution in [0.5, 0.6) is 0 Å². The number of aromatic carboxylic acids is 1. The summed E-state index contributed by atoms with van der Waals surface area (Å²) < 4.78 is 0. The van der Waals surface area contributed by atoms with E-state index in [1.165, 1.54) is 17.7 Å². The third kappa shape index (κ3) is 5.43. The minimum Gasteiger partial charge on any atom is -0.478 e. The Labute approximate surface area is 154 Å². The number of carboxylic acids is 1. The molecule has 2 N–H and O–H groups in total.